The average molecular weight is 514 g/mol. The number of aliphatic imine (C=N–C) groups is 1. The van der Waals surface area contributed by atoms with Gasteiger partial charge in [-0.2, -0.15) is 0 Å². The lowest BCUT2D eigenvalue weighted by Crippen LogP contribution is -2.43. The van der Waals surface area contributed by atoms with Crippen LogP contribution >= 0.6 is 24.0 Å². The Kier molecular flexibility index (Phi) is 9.19. The molecular weight excluding hydrogens is 483 g/mol. The fourth-order valence-electron chi connectivity index (χ4n) is 3.83. The second kappa shape index (κ2) is 11.4. The van der Waals surface area contributed by atoms with Crippen LogP contribution in [0.15, 0.2) is 29.3 Å². The first-order valence-corrected chi connectivity index (χ1v) is 10.1. The van der Waals surface area contributed by atoms with E-state index in [4.69, 9.17) is 4.74 Å². The molecule has 0 aromatic heterocycles. The minimum atomic E-state index is -0.0720. The van der Waals surface area contributed by atoms with Crippen LogP contribution in [-0.2, 0) is 9.59 Å². The van der Waals surface area contributed by atoms with Gasteiger partial charge in [0.05, 0.1) is 13.7 Å². The average Bonchev–Trinajstić information content (AvgIpc) is 3.19. The maximum atomic E-state index is 11.9. The Morgan fingerprint density at radius 2 is 1.90 bits per heavy atom. The topological polar surface area (TPSA) is 74.2 Å². The zero-order valence-corrected chi connectivity index (χ0v) is 19.6. The number of nitrogens with one attached hydrogen (secondary N) is 1. The van der Waals surface area contributed by atoms with Gasteiger partial charge in [0.25, 0.3) is 0 Å². The number of ether oxygens (including phenoxy) is 1. The van der Waals surface area contributed by atoms with Crippen LogP contribution in [0.3, 0.4) is 0 Å². The lowest BCUT2D eigenvalue weighted by molar-refractivity contribution is -0.147. The van der Waals surface area contributed by atoms with E-state index in [0.29, 0.717) is 38.3 Å². The first-order valence-electron chi connectivity index (χ1n) is 10.1. The Labute approximate surface area is 189 Å². The van der Waals surface area contributed by atoms with E-state index in [-0.39, 0.29) is 35.8 Å². The van der Waals surface area contributed by atoms with Crippen LogP contribution < -0.4 is 10.1 Å². The summed E-state index contributed by atoms with van der Waals surface area (Å²) in [6.45, 7) is 5.46. The van der Waals surface area contributed by atoms with Gasteiger partial charge in [0.1, 0.15) is 5.75 Å². The molecule has 0 radical (unpaired) electrons. The van der Waals surface area contributed by atoms with Crippen molar-refractivity contribution in [2.24, 2.45) is 4.99 Å². The molecular formula is C21H31IN4O3. The Morgan fingerprint density at radius 3 is 2.52 bits per heavy atom. The lowest BCUT2D eigenvalue weighted by atomic mass is 9.98. The molecule has 0 saturated carbocycles. The summed E-state index contributed by atoms with van der Waals surface area (Å²) in [6.07, 6.45) is 2.66. The molecule has 7 nitrogen and oxygen atoms in total. The molecule has 3 rings (SSSR count). The molecule has 29 heavy (non-hydrogen) atoms. The number of methoxy groups -OCH3 is 1. The number of hydrogen-bond acceptors (Lipinski definition) is 4. The molecule has 1 N–H and O–H groups in total. The highest BCUT2D eigenvalue weighted by molar-refractivity contribution is 14.0. The summed E-state index contributed by atoms with van der Waals surface area (Å²) >= 11 is 0. The highest BCUT2D eigenvalue weighted by atomic mass is 127. The summed E-state index contributed by atoms with van der Waals surface area (Å²) in [7, 11) is 1.68. The van der Waals surface area contributed by atoms with Crippen molar-refractivity contribution in [2.45, 2.75) is 38.5 Å². The van der Waals surface area contributed by atoms with E-state index in [0.717, 1.165) is 37.8 Å². The molecule has 2 saturated heterocycles. The molecule has 2 amide bonds. The fraction of sp³-hybridized carbons (Fsp3) is 0.571. The van der Waals surface area contributed by atoms with Gasteiger partial charge in [-0.05, 0) is 37.5 Å². The van der Waals surface area contributed by atoms with E-state index in [9.17, 15) is 9.59 Å². The van der Waals surface area contributed by atoms with Crippen molar-refractivity contribution in [3.8, 4) is 5.75 Å². The number of benzene rings is 1. The lowest BCUT2D eigenvalue weighted by Gasteiger charge is -2.25. The van der Waals surface area contributed by atoms with E-state index in [2.05, 4.69) is 27.3 Å². The minimum Gasteiger partial charge on any atom is -0.497 e. The number of amides is 2. The quantitative estimate of drug-likeness (QED) is 0.274. The van der Waals surface area contributed by atoms with Gasteiger partial charge in [-0.15, -0.1) is 24.0 Å². The van der Waals surface area contributed by atoms with Crippen LogP contribution in [0, 0.1) is 0 Å². The van der Waals surface area contributed by atoms with E-state index >= 15 is 0 Å². The maximum Gasteiger partial charge on any atom is 0.229 e. The molecule has 0 aliphatic carbocycles. The largest absolute Gasteiger partial charge is 0.497 e. The van der Waals surface area contributed by atoms with Crippen molar-refractivity contribution in [3.05, 3.63) is 29.8 Å². The number of halogens is 1. The molecule has 2 heterocycles. The molecule has 1 atom stereocenters. The zero-order valence-electron chi connectivity index (χ0n) is 17.2. The van der Waals surface area contributed by atoms with Gasteiger partial charge < -0.3 is 15.0 Å². The van der Waals surface area contributed by atoms with Crippen LogP contribution in [0.4, 0.5) is 0 Å². The Balaban J connectivity index is 0.00000300. The van der Waals surface area contributed by atoms with Crippen molar-refractivity contribution < 1.29 is 14.3 Å². The van der Waals surface area contributed by atoms with Crippen molar-refractivity contribution in [1.29, 1.82) is 0 Å². The summed E-state index contributed by atoms with van der Waals surface area (Å²) in [4.78, 5) is 32.2. The number of hydrogen-bond donors (Lipinski definition) is 1. The van der Waals surface area contributed by atoms with Gasteiger partial charge in [-0.1, -0.05) is 12.1 Å². The van der Waals surface area contributed by atoms with E-state index in [1.165, 1.54) is 10.5 Å². The monoisotopic (exact) mass is 514 g/mol. The number of rotatable bonds is 6. The first kappa shape index (κ1) is 23.4. The van der Waals surface area contributed by atoms with Gasteiger partial charge >= 0.3 is 0 Å². The highest BCUT2D eigenvalue weighted by Gasteiger charge is 2.27. The number of likely N-dealkylation sites (tertiary alicyclic amines) is 2. The molecule has 1 unspecified atom stereocenters. The smallest absolute Gasteiger partial charge is 0.229 e. The summed E-state index contributed by atoms with van der Waals surface area (Å²) in [5, 5.41) is 3.34. The van der Waals surface area contributed by atoms with Crippen molar-refractivity contribution in [2.75, 3.05) is 39.8 Å². The number of guanidine groups is 1. The van der Waals surface area contributed by atoms with Gasteiger partial charge in [0, 0.05) is 44.9 Å². The van der Waals surface area contributed by atoms with E-state index in [1.807, 2.05) is 19.1 Å². The molecule has 1 aromatic carbocycles. The summed E-state index contributed by atoms with van der Waals surface area (Å²) in [5.74, 6) is 2.04. The minimum absolute atomic E-state index is 0. The van der Waals surface area contributed by atoms with Gasteiger partial charge in [-0.3, -0.25) is 19.5 Å². The molecule has 0 spiro atoms. The van der Waals surface area contributed by atoms with Gasteiger partial charge in [0.2, 0.25) is 11.8 Å². The summed E-state index contributed by atoms with van der Waals surface area (Å²) < 4.78 is 5.24. The first-order chi connectivity index (χ1) is 13.6. The van der Waals surface area contributed by atoms with E-state index < -0.39 is 0 Å². The standard InChI is InChI=1S/C21H30N4O3.HI/c1-3-22-21(23-12-14-25-19(26)5-4-6-20(25)27)24-13-11-17(15-24)16-7-9-18(28-2)10-8-16;/h7-10,17H,3-6,11-15H2,1-2H3,(H,22,23);1H. The number of imide groups is 1. The summed E-state index contributed by atoms with van der Waals surface area (Å²) in [5.41, 5.74) is 1.31. The molecule has 8 heteroatoms. The van der Waals surface area contributed by atoms with Crippen LogP contribution in [0.25, 0.3) is 0 Å². The third kappa shape index (κ3) is 6.07. The van der Waals surface area contributed by atoms with E-state index in [1.54, 1.807) is 7.11 Å². The van der Waals surface area contributed by atoms with Crippen LogP contribution in [0.5, 0.6) is 5.75 Å². The van der Waals surface area contributed by atoms with Crippen molar-refractivity contribution in [1.82, 2.24) is 15.1 Å². The molecule has 160 valence electrons. The second-order valence-electron chi connectivity index (χ2n) is 7.23. The Morgan fingerprint density at radius 1 is 1.21 bits per heavy atom. The molecule has 2 aliphatic heterocycles. The zero-order chi connectivity index (χ0) is 19.9. The fourth-order valence-corrected chi connectivity index (χ4v) is 3.83. The predicted molar refractivity (Wildman–Crippen MR) is 124 cm³/mol. The van der Waals surface area contributed by atoms with Gasteiger partial charge in [0.15, 0.2) is 5.96 Å². The summed E-state index contributed by atoms with van der Waals surface area (Å²) in [6, 6.07) is 8.27. The van der Waals surface area contributed by atoms with Gasteiger partial charge in [-0.25, -0.2) is 0 Å². The molecule has 2 fully saturated rings. The Bertz CT molecular complexity index is 707. The molecule has 2 aliphatic rings. The SMILES string of the molecule is CCNC(=NCCN1C(=O)CCCC1=O)N1CCC(c2ccc(OC)cc2)C1.I. The maximum absolute atomic E-state index is 11.9. The third-order valence-electron chi connectivity index (χ3n) is 5.38. The van der Waals surface area contributed by atoms with Crippen molar-refractivity contribution in [3.63, 3.8) is 0 Å². The number of carbonyl (C=O) groups is 2. The highest BCUT2D eigenvalue weighted by Crippen LogP contribution is 2.28. The van der Waals surface area contributed by atoms with Crippen molar-refractivity contribution >= 4 is 41.8 Å². The predicted octanol–water partition coefficient (Wildman–Crippen LogP) is 2.61. The van der Waals surface area contributed by atoms with Crippen LogP contribution in [0.2, 0.25) is 0 Å². The van der Waals surface area contributed by atoms with Crippen LogP contribution in [-0.4, -0.2) is 67.4 Å². The third-order valence-corrected chi connectivity index (χ3v) is 5.38. The molecule has 1 aromatic rings. The Hall–Kier alpha value is -1.84. The second-order valence-corrected chi connectivity index (χ2v) is 7.23. The number of nitrogens with zero attached hydrogens (tertiary/aromatic N) is 3. The molecule has 0 bridgehead atoms. The normalized spacial score (nSPS) is 19.9. The number of piperidine rings is 1. The van der Waals surface area contributed by atoms with Crippen LogP contribution in [0.1, 0.15) is 44.1 Å². The number of carbonyl (C=O) groups excluding carboxylic acids is 2.